The molecule has 0 radical (unpaired) electrons. The van der Waals surface area contributed by atoms with Crippen LogP contribution in [0.5, 0.6) is 0 Å². The van der Waals surface area contributed by atoms with Gasteiger partial charge in [0.25, 0.3) is 5.91 Å². The Hall–Kier alpha value is -2.90. The number of halogens is 1. The number of carbonyl (C=O) groups excluding carboxylic acids is 1. The van der Waals surface area contributed by atoms with Crippen molar-refractivity contribution in [3.63, 3.8) is 0 Å². The first-order chi connectivity index (χ1) is 11.7. The van der Waals surface area contributed by atoms with Crippen LogP contribution in [0.15, 0.2) is 30.5 Å². The SMILES string of the molecule is O=C(c1ccc2n[nH]nc2n1)N1CCCC[C@H]1c1ccc(F)cn1. The van der Waals surface area contributed by atoms with Gasteiger partial charge in [-0.25, -0.2) is 9.37 Å². The molecule has 0 bridgehead atoms. The van der Waals surface area contributed by atoms with Gasteiger partial charge < -0.3 is 4.90 Å². The van der Waals surface area contributed by atoms with Crippen LogP contribution < -0.4 is 0 Å². The highest BCUT2D eigenvalue weighted by Crippen LogP contribution is 2.31. The van der Waals surface area contributed by atoms with Crippen LogP contribution in [0.1, 0.15) is 41.5 Å². The molecule has 4 rings (SSSR count). The highest BCUT2D eigenvalue weighted by molar-refractivity contribution is 5.94. The van der Waals surface area contributed by atoms with Gasteiger partial charge in [-0.3, -0.25) is 9.78 Å². The Morgan fingerprint density at radius 3 is 2.96 bits per heavy atom. The van der Waals surface area contributed by atoms with E-state index in [4.69, 9.17) is 0 Å². The van der Waals surface area contributed by atoms with Crippen molar-refractivity contribution in [2.24, 2.45) is 0 Å². The summed E-state index contributed by atoms with van der Waals surface area (Å²) in [5, 5.41) is 10.3. The first-order valence-corrected chi connectivity index (χ1v) is 7.82. The molecule has 24 heavy (non-hydrogen) atoms. The summed E-state index contributed by atoms with van der Waals surface area (Å²) < 4.78 is 13.1. The van der Waals surface area contributed by atoms with Crippen molar-refractivity contribution in [1.29, 1.82) is 0 Å². The summed E-state index contributed by atoms with van der Waals surface area (Å²) in [6.45, 7) is 0.626. The zero-order valence-electron chi connectivity index (χ0n) is 12.8. The molecule has 3 aromatic rings. The second kappa shape index (κ2) is 5.95. The average Bonchev–Trinajstić information content (AvgIpc) is 3.09. The summed E-state index contributed by atoms with van der Waals surface area (Å²) in [6, 6.07) is 6.21. The topological polar surface area (TPSA) is 87.7 Å². The molecular weight excluding hydrogens is 311 g/mol. The van der Waals surface area contributed by atoms with Crippen molar-refractivity contribution < 1.29 is 9.18 Å². The smallest absolute Gasteiger partial charge is 0.273 e. The number of piperidine rings is 1. The van der Waals surface area contributed by atoms with E-state index in [2.05, 4.69) is 25.4 Å². The zero-order valence-corrected chi connectivity index (χ0v) is 12.8. The summed E-state index contributed by atoms with van der Waals surface area (Å²) in [7, 11) is 0. The molecule has 1 N–H and O–H groups in total. The molecule has 1 saturated heterocycles. The number of aromatic amines is 1. The summed E-state index contributed by atoms with van der Waals surface area (Å²) in [6.07, 6.45) is 3.92. The molecule has 1 fully saturated rings. The van der Waals surface area contributed by atoms with E-state index in [1.165, 1.54) is 12.3 Å². The van der Waals surface area contributed by atoms with E-state index in [1.807, 2.05) is 0 Å². The van der Waals surface area contributed by atoms with Gasteiger partial charge >= 0.3 is 0 Å². The molecule has 1 aliphatic heterocycles. The molecule has 0 aromatic carbocycles. The number of aromatic nitrogens is 5. The van der Waals surface area contributed by atoms with Gasteiger partial charge in [0.2, 0.25) is 5.65 Å². The fraction of sp³-hybridized carbons (Fsp3) is 0.312. The number of pyridine rings is 2. The number of amides is 1. The second-order valence-electron chi connectivity index (χ2n) is 5.77. The van der Waals surface area contributed by atoms with E-state index < -0.39 is 0 Å². The van der Waals surface area contributed by atoms with Crippen LogP contribution in [0.4, 0.5) is 4.39 Å². The van der Waals surface area contributed by atoms with Crippen molar-refractivity contribution in [3.05, 3.63) is 47.7 Å². The fourth-order valence-electron chi connectivity index (χ4n) is 3.07. The summed E-state index contributed by atoms with van der Waals surface area (Å²) in [5.41, 5.74) is 2.05. The Morgan fingerprint density at radius 1 is 1.21 bits per heavy atom. The fourth-order valence-corrected chi connectivity index (χ4v) is 3.07. The molecule has 0 spiro atoms. The van der Waals surface area contributed by atoms with Crippen molar-refractivity contribution >= 4 is 17.1 Å². The Balaban J connectivity index is 1.66. The molecule has 4 heterocycles. The maximum atomic E-state index is 13.1. The Bertz CT molecular complexity index is 878. The lowest BCUT2D eigenvalue weighted by Gasteiger charge is -2.35. The van der Waals surface area contributed by atoms with Crippen LogP contribution in [0.2, 0.25) is 0 Å². The van der Waals surface area contributed by atoms with Crippen LogP contribution in [0.3, 0.4) is 0 Å². The lowest BCUT2D eigenvalue weighted by molar-refractivity contribution is 0.0600. The predicted octanol–water partition coefficient (Wildman–Crippen LogP) is 2.25. The molecule has 1 atom stereocenters. The van der Waals surface area contributed by atoms with Crippen LogP contribution >= 0.6 is 0 Å². The molecule has 8 heteroatoms. The Labute approximate surface area is 136 Å². The van der Waals surface area contributed by atoms with Gasteiger partial charge in [-0.2, -0.15) is 10.3 Å². The number of fused-ring (bicyclic) bond motifs is 1. The Morgan fingerprint density at radius 2 is 2.12 bits per heavy atom. The first-order valence-electron chi connectivity index (χ1n) is 7.82. The standard InChI is InChI=1S/C16H15FN6O/c17-10-4-5-11(18-9-10)14-3-1-2-8-23(14)16(24)13-7-6-12-15(19-13)21-22-20-12/h4-7,9,14H,1-3,8H2,(H,19,20,21,22)/t14-/m0/s1. The van der Waals surface area contributed by atoms with Crippen molar-refractivity contribution in [3.8, 4) is 0 Å². The molecule has 7 nitrogen and oxygen atoms in total. The number of likely N-dealkylation sites (tertiary alicyclic amines) is 1. The maximum absolute atomic E-state index is 13.1. The number of carbonyl (C=O) groups is 1. The van der Waals surface area contributed by atoms with E-state index in [9.17, 15) is 9.18 Å². The van der Waals surface area contributed by atoms with Crippen molar-refractivity contribution in [2.45, 2.75) is 25.3 Å². The third-order valence-corrected chi connectivity index (χ3v) is 4.26. The third kappa shape index (κ3) is 2.60. The highest BCUT2D eigenvalue weighted by Gasteiger charge is 2.30. The van der Waals surface area contributed by atoms with Gasteiger partial charge in [0.15, 0.2) is 0 Å². The predicted molar refractivity (Wildman–Crippen MR) is 83.5 cm³/mol. The molecule has 0 aliphatic carbocycles. The number of nitrogens with one attached hydrogen (secondary N) is 1. The maximum Gasteiger partial charge on any atom is 0.273 e. The summed E-state index contributed by atoms with van der Waals surface area (Å²) in [5.74, 6) is -0.554. The highest BCUT2D eigenvalue weighted by atomic mass is 19.1. The first kappa shape index (κ1) is 14.7. The van der Waals surface area contributed by atoms with Gasteiger partial charge in [0.05, 0.1) is 17.9 Å². The molecule has 3 aromatic heterocycles. The molecule has 0 unspecified atom stereocenters. The number of hydrogen-bond donors (Lipinski definition) is 1. The molecule has 1 amide bonds. The quantitative estimate of drug-likeness (QED) is 0.780. The van der Waals surface area contributed by atoms with E-state index in [0.29, 0.717) is 29.1 Å². The molecular formula is C16H15FN6O. The number of hydrogen-bond acceptors (Lipinski definition) is 5. The average molecular weight is 326 g/mol. The van der Waals surface area contributed by atoms with Gasteiger partial charge in [0.1, 0.15) is 17.0 Å². The third-order valence-electron chi connectivity index (χ3n) is 4.26. The van der Waals surface area contributed by atoms with Gasteiger partial charge in [-0.1, -0.05) is 0 Å². The van der Waals surface area contributed by atoms with E-state index in [-0.39, 0.29) is 17.8 Å². The summed E-state index contributed by atoms with van der Waals surface area (Å²) >= 11 is 0. The second-order valence-corrected chi connectivity index (χ2v) is 5.77. The van der Waals surface area contributed by atoms with E-state index >= 15 is 0 Å². The minimum absolute atomic E-state index is 0.165. The molecule has 0 saturated carbocycles. The van der Waals surface area contributed by atoms with E-state index in [1.54, 1.807) is 23.1 Å². The molecule has 1 aliphatic rings. The van der Waals surface area contributed by atoms with Gasteiger partial charge in [0, 0.05) is 6.54 Å². The van der Waals surface area contributed by atoms with Crippen LogP contribution in [-0.4, -0.2) is 42.7 Å². The van der Waals surface area contributed by atoms with Gasteiger partial charge in [-0.05, 0) is 43.5 Å². The van der Waals surface area contributed by atoms with E-state index in [0.717, 1.165) is 19.3 Å². The van der Waals surface area contributed by atoms with Crippen LogP contribution in [-0.2, 0) is 0 Å². The van der Waals surface area contributed by atoms with Gasteiger partial charge in [-0.15, -0.1) is 5.10 Å². The lowest BCUT2D eigenvalue weighted by atomic mass is 9.98. The zero-order chi connectivity index (χ0) is 16.5. The number of H-pyrrole nitrogens is 1. The molecule has 122 valence electrons. The monoisotopic (exact) mass is 326 g/mol. The van der Waals surface area contributed by atoms with Crippen molar-refractivity contribution in [2.75, 3.05) is 6.54 Å². The largest absolute Gasteiger partial charge is 0.329 e. The minimum atomic E-state index is -0.384. The minimum Gasteiger partial charge on any atom is -0.329 e. The van der Waals surface area contributed by atoms with Crippen LogP contribution in [0, 0.1) is 5.82 Å². The normalized spacial score (nSPS) is 18.0. The lowest BCUT2D eigenvalue weighted by Crippen LogP contribution is -2.39. The van der Waals surface area contributed by atoms with Crippen LogP contribution in [0.25, 0.3) is 11.2 Å². The van der Waals surface area contributed by atoms with Crippen molar-refractivity contribution in [1.82, 2.24) is 30.3 Å². The summed E-state index contributed by atoms with van der Waals surface area (Å²) in [4.78, 5) is 23.1. The number of rotatable bonds is 2. The number of nitrogens with zero attached hydrogens (tertiary/aromatic N) is 5. The Kier molecular flexibility index (Phi) is 3.64.